The molecule has 0 saturated heterocycles. The SMILES string of the molecule is C=C(C)C.C=C/C=C(\C=C/C)c1ccc2c(c1)C(C)(C)c1ccccc1C2.C=CC1Oc2cccc(/C(C)=C/C(=C)c3ccccc3)c2C1/C=C\C.CC. The summed E-state index contributed by atoms with van der Waals surface area (Å²) in [5.74, 6) is 1.14. The lowest BCUT2D eigenvalue weighted by molar-refractivity contribution is 0.270. The van der Waals surface area contributed by atoms with Crippen LogP contribution >= 0.6 is 0 Å². The quantitative estimate of drug-likeness (QED) is 0.130. The minimum absolute atomic E-state index is 0.0162. The number of benzene rings is 4. The van der Waals surface area contributed by atoms with Crippen LogP contribution in [0.25, 0.3) is 16.7 Å². The third-order valence-corrected chi connectivity index (χ3v) is 9.44. The van der Waals surface area contributed by atoms with E-state index in [0.717, 1.165) is 23.3 Å². The fraction of sp³-hybridized carbons (Fsp3) is 0.245. The maximum Gasteiger partial charge on any atom is 0.127 e. The molecular formula is C53H62O. The van der Waals surface area contributed by atoms with E-state index in [-0.39, 0.29) is 17.4 Å². The van der Waals surface area contributed by atoms with E-state index in [1.807, 2.05) is 71.0 Å². The summed E-state index contributed by atoms with van der Waals surface area (Å²) in [5.41, 5.74) is 15.2. The minimum atomic E-state index is -0.0162. The molecule has 0 aromatic heterocycles. The van der Waals surface area contributed by atoms with E-state index in [4.69, 9.17) is 4.74 Å². The Morgan fingerprint density at radius 3 is 2.04 bits per heavy atom. The van der Waals surface area contributed by atoms with Gasteiger partial charge in [0.2, 0.25) is 0 Å². The van der Waals surface area contributed by atoms with Crippen LogP contribution in [0, 0.1) is 0 Å². The number of rotatable bonds is 8. The summed E-state index contributed by atoms with van der Waals surface area (Å²) in [6.07, 6.45) is 17.5. The number of ether oxygens (including phenoxy) is 1. The average molecular weight is 715 g/mol. The van der Waals surface area contributed by atoms with Crippen molar-refractivity contribution in [3.8, 4) is 5.75 Å². The second-order valence-corrected chi connectivity index (χ2v) is 14.2. The van der Waals surface area contributed by atoms with Crippen LogP contribution < -0.4 is 4.74 Å². The number of fused-ring (bicyclic) bond motifs is 3. The molecule has 0 saturated carbocycles. The summed E-state index contributed by atoms with van der Waals surface area (Å²) >= 11 is 0. The Morgan fingerprint density at radius 1 is 0.759 bits per heavy atom. The van der Waals surface area contributed by atoms with Crippen LogP contribution in [0.4, 0.5) is 0 Å². The molecule has 4 aromatic carbocycles. The van der Waals surface area contributed by atoms with Crippen molar-refractivity contribution in [2.45, 2.75) is 86.2 Å². The lowest BCUT2D eigenvalue weighted by Crippen LogP contribution is -2.27. The Labute approximate surface area is 328 Å². The molecule has 6 rings (SSSR count). The highest BCUT2D eigenvalue weighted by Gasteiger charge is 2.33. The molecule has 2 unspecified atom stereocenters. The van der Waals surface area contributed by atoms with E-state index in [0.29, 0.717) is 0 Å². The first kappa shape index (κ1) is 43.0. The van der Waals surface area contributed by atoms with E-state index in [1.165, 1.54) is 55.7 Å². The summed E-state index contributed by atoms with van der Waals surface area (Å²) in [4.78, 5) is 0. The van der Waals surface area contributed by atoms with Gasteiger partial charge in [-0.2, -0.15) is 0 Å². The largest absolute Gasteiger partial charge is 0.485 e. The van der Waals surface area contributed by atoms with Gasteiger partial charge < -0.3 is 4.74 Å². The van der Waals surface area contributed by atoms with Gasteiger partial charge in [0.1, 0.15) is 11.9 Å². The Hall–Kier alpha value is -5.40. The highest BCUT2D eigenvalue weighted by Crippen LogP contribution is 2.44. The predicted molar refractivity (Wildman–Crippen MR) is 240 cm³/mol. The highest BCUT2D eigenvalue weighted by atomic mass is 16.5. The van der Waals surface area contributed by atoms with E-state index >= 15 is 0 Å². The lowest BCUT2D eigenvalue weighted by atomic mass is 9.68. The Morgan fingerprint density at radius 2 is 1.41 bits per heavy atom. The second kappa shape index (κ2) is 20.7. The molecule has 0 radical (unpaired) electrons. The van der Waals surface area contributed by atoms with Gasteiger partial charge in [-0.1, -0.05) is 180 Å². The van der Waals surface area contributed by atoms with Crippen LogP contribution in [0.5, 0.6) is 5.75 Å². The molecule has 0 spiro atoms. The third kappa shape index (κ3) is 10.6. The van der Waals surface area contributed by atoms with Crippen LogP contribution in [-0.4, -0.2) is 6.10 Å². The molecule has 4 aromatic rings. The molecule has 1 heteroatoms. The van der Waals surface area contributed by atoms with Gasteiger partial charge in [0.05, 0.1) is 0 Å². The van der Waals surface area contributed by atoms with Gasteiger partial charge in [-0.05, 0) is 109 Å². The number of allylic oxidation sites excluding steroid dienone is 10. The maximum absolute atomic E-state index is 6.08. The van der Waals surface area contributed by atoms with Gasteiger partial charge >= 0.3 is 0 Å². The molecule has 0 amide bonds. The van der Waals surface area contributed by atoms with E-state index in [9.17, 15) is 0 Å². The number of hydrogen-bond donors (Lipinski definition) is 0. The van der Waals surface area contributed by atoms with E-state index in [1.54, 1.807) is 0 Å². The van der Waals surface area contributed by atoms with Crippen molar-refractivity contribution in [3.05, 3.63) is 216 Å². The summed E-state index contributed by atoms with van der Waals surface area (Å²) in [6.45, 7) is 34.4. The molecule has 2 aliphatic rings. The van der Waals surface area contributed by atoms with Crippen LogP contribution in [0.15, 0.2) is 171 Å². The first-order chi connectivity index (χ1) is 26.0. The highest BCUT2D eigenvalue weighted by molar-refractivity contribution is 5.84. The molecular weight excluding hydrogens is 653 g/mol. The van der Waals surface area contributed by atoms with Crippen molar-refractivity contribution < 1.29 is 4.74 Å². The van der Waals surface area contributed by atoms with Gasteiger partial charge in [0.15, 0.2) is 0 Å². The molecule has 54 heavy (non-hydrogen) atoms. The molecule has 1 nitrogen and oxygen atoms in total. The molecule has 2 atom stereocenters. The third-order valence-electron chi connectivity index (χ3n) is 9.44. The van der Waals surface area contributed by atoms with Crippen molar-refractivity contribution in [3.63, 3.8) is 0 Å². The van der Waals surface area contributed by atoms with Gasteiger partial charge in [-0.3, -0.25) is 0 Å². The van der Waals surface area contributed by atoms with Crippen molar-refractivity contribution in [2.24, 2.45) is 0 Å². The minimum Gasteiger partial charge on any atom is -0.485 e. The zero-order valence-corrected chi connectivity index (χ0v) is 34.4. The van der Waals surface area contributed by atoms with Crippen LogP contribution in [-0.2, 0) is 11.8 Å². The van der Waals surface area contributed by atoms with Crippen LogP contribution in [0.1, 0.15) is 113 Å². The van der Waals surface area contributed by atoms with Crippen molar-refractivity contribution >= 4 is 16.7 Å². The van der Waals surface area contributed by atoms with Gasteiger partial charge in [0, 0.05) is 16.9 Å². The summed E-state index contributed by atoms with van der Waals surface area (Å²) in [5, 5.41) is 0. The Kier molecular flexibility index (Phi) is 16.5. The summed E-state index contributed by atoms with van der Waals surface area (Å²) in [6, 6.07) is 32.2. The molecule has 1 aliphatic carbocycles. The van der Waals surface area contributed by atoms with Crippen LogP contribution in [0.2, 0.25) is 0 Å². The number of hydrogen-bond acceptors (Lipinski definition) is 1. The van der Waals surface area contributed by atoms with Crippen LogP contribution in [0.3, 0.4) is 0 Å². The molecule has 0 bridgehead atoms. The smallest absolute Gasteiger partial charge is 0.127 e. The van der Waals surface area contributed by atoms with E-state index in [2.05, 4.69) is 157 Å². The Bertz CT molecular complexity index is 2020. The molecule has 0 N–H and O–H groups in total. The lowest BCUT2D eigenvalue weighted by Gasteiger charge is -2.35. The van der Waals surface area contributed by atoms with Gasteiger partial charge in [-0.15, -0.1) is 6.58 Å². The zero-order valence-electron chi connectivity index (χ0n) is 34.4. The Balaban J connectivity index is 0.000000254. The van der Waals surface area contributed by atoms with E-state index < -0.39 is 0 Å². The first-order valence-electron chi connectivity index (χ1n) is 19.2. The standard InChI is InChI=1S/C24H24O.C23H24.C4H8.C2H6/c1-5-11-21-22(6-2)25-23-15-10-14-20(24(21)23)18(4)16-17(3)19-12-8-7-9-13-19;1-5-9-17(10-6-2)18-13-14-20-15-19-11-7-8-12-21(19)23(3,4)22(20)16-18;1-4(2)3;1-2/h5-16,21-22H,2-3H2,1,4H3;5-14,16H,1,15H2,2-4H3;1H2,2-3H3;1-2H3/b11-5-,18-16+;10-6-,17-9+;;. The van der Waals surface area contributed by atoms with Gasteiger partial charge in [0.25, 0.3) is 0 Å². The fourth-order valence-electron chi connectivity index (χ4n) is 7.08. The summed E-state index contributed by atoms with van der Waals surface area (Å²) < 4.78 is 6.08. The monoisotopic (exact) mass is 714 g/mol. The fourth-order valence-corrected chi connectivity index (χ4v) is 7.08. The van der Waals surface area contributed by atoms with Crippen molar-refractivity contribution in [1.29, 1.82) is 0 Å². The van der Waals surface area contributed by atoms with Crippen molar-refractivity contribution in [1.82, 2.24) is 0 Å². The van der Waals surface area contributed by atoms with Crippen molar-refractivity contribution in [2.75, 3.05) is 0 Å². The normalized spacial score (nSPS) is 16.5. The average Bonchev–Trinajstić information content (AvgIpc) is 3.53. The molecule has 280 valence electrons. The molecule has 1 heterocycles. The first-order valence-corrected chi connectivity index (χ1v) is 19.2. The second-order valence-electron chi connectivity index (χ2n) is 14.2. The maximum atomic E-state index is 6.08. The van der Waals surface area contributed by atoms with Gasteiger partial charge in [-0.25, -0.2) is 0 Å². The zero-order chi connectivity index (χ0) is 39.8. The predicted octanol–water partition coefficient (Wildman–Crippen LogP) is 15.1. The topological polar surface area (TPSA) is 9.23 Å². The molecule has 1 aliphatic heterocycles. The summed E-state index contributed by atoms with van der Waals surface area (Å²) in [7, 11) is 0. The molecule has 0 fully saturated rings.